The van der Waals surface area contributed by atoms with Crippen LogP contribution in [0.25, 0.3) is 0 Å². The fourth-order valence-electron chi connectivity index (χ4n) is 6.09. The van der Waals surface area contributed by atoms with Crippen LogP contribution in [0.2, 0.25) is 0 Å². The summed E-state index contributed by atoms with van der Waals surface area (Å²) >= 11 is 0. The monoisotopic (exact) mass is 903 g/mol. The zero-order valence-electron chi connectivity index (χ0n) is 36.3. The molecule has 0 aliphatic carbocycles. The molecule has 0 heterocycles. The second-order valence-corrected chi connectivity index (χ2v) is 14.8. The molecule has 6 unspecified atom stereocenters. The number of hydrogen-bond acceptors (Lipinski definition) is 13. The van der Waals surface area contributed by atoms with Gasteiger partial charge in [-0.15, -0.1) is 0 Å². The van der Waals surface area contributed by atoms with Crippen molar-refractivity contribution in [1.29, 1.82) is 10.8 Å². The van der Waals surface area contributed by atoms with Crippen LogP contribution in [0, 0.1) is 10.8 Å². The Morgan fingerprint density at radius 1 is 0.547 bits per heavy atom. The molecule has 0 bridgehead atoms. The van der Waals surface area contributed by atoms with Crippen LogP contribution in [0.3, 0.4) is 0 Å². The summed E-state index contributed by atoms with van der Waals surface area (Å²) in [6.45, 7) is 1.44. The molecule has 0 fully saturated rings. The van der Waals surface area contributed by atoms with Gasteiger partial charge in [0, 0.05) is 13.1 Å². The smallest absolute Gasteiger partial charge is 0.243 e. The number of carbonyl (C=O) groups is 9. The van der Waals surface area contributed by atoms with Crippen molar-refractivity contribution in [3.63, 3.8) is 0 Å². The first-order valence-corrected chi connectivity index (χ1v) is 20.7. The van der Waals surface area contributed by atoms with Crippen LogP contribution in [0.1, 0.15) is 70.3 Å². The lowest BCUT2D eigenvalue weighted by Crippen LogP contribution is -2.60. The molecule has 64 heavy (non-hydrogen) atoms. The van der Waals surface area contributed by atoms with Gasteiger partial charge in [0.1, 0.15) is 24.2 Å². The summed E-state index contributed by atoms with van der Waals surface area (Å²) in [5.74, 6) is -8.22. The predicted octanol–water partition coefficient (Wildman–Crippen LogP) is -5.65. The predicted molar refractivity (Wildman–Crippen MR) is 235 cm³/mol. The number of benzene rings is 1. The highest BCUT2D eigenvalue weighted by atomic mass is 16.2. The maximum Gasteiger partial charge on any atom is 0.243 e. The molecule has 8 amide bonds. The van der Waals surface area contributed by atoms with E-state index >= 15 is 0 Å². The Kier molecular flexibility index (Phi) is 26.0. The average molecular weight is 903 g/mol. The molecule has 0 aliphatic heterocycles. The Labute approximate surface area is 371 Å². The van der Waals surface area contributed by atoms with E-state index in [2.05, 4.69) is 47.9 Å². The minimum Gasteiger partial charge on any atom is -0.370 e. The van der Waals surface area contributed by atoms with E-state index in [1.807, 2.05) is 0 Å². The van der Waals surface area contributed by atoms with Gasteiger partial charge < -0.3 is 76.5 Å². The van der Waals surface area contributed by atoms with E-state index in [1.165, 1.54) is 6.92 Å². The van der Waals surface area contributed by atoms with Crippen molar-refractivity contribution in [2.75, 3.05) is 33.2 Å². The summed E-state index contributed by atoms with van der Waals surface area (Å²) in [5, 5.41) is 37.5. The maximum atomic E-state index is 13.9. The van der Waals surface area contributed by atoms with Crippen LogP contribution in [0.15, 0.2) is 30.3 Å². The summed E-state index contributed by atoms with van der Waals surface area (Å²) in [5.41, 5.74) is 27.8. The molecular formula is C39H66N16O9. The van der Waals surface area contributed by atoms with E-state index in [1.54, 1.807) is 37.4 Å². The molecule has 356 valence electrons. The summed E-state index contributed by atoms with van der Waals surface area (Å²) in [4.78, 5) is 117. The molecule has 25 heteroatoms. The first-order valence-electron chi connectivity index (χ1n) is 20.7. The molecule has 0 saturated heterocycles. The molecule has 25 nitrogen and oxygen atoms in total. The molecule has 1 aromatic rings. The molecule has 0 radical (unpaired) electrons. The SMILES string of the molecule is CNC(CCCNC(=N)N)C(=O)NCC(=O)NC(CCCCN)C(=O)NC(CCCNC(=N)N)C(=O)NC(CC(N)=O)C(=O)NC(CC(N)=O)C(=O)NC(Cc1ccccc1)C(C)=O. The van der Waals surface area contributed by atoms with Gasteiger partial charge in [-0.3, -0.25) is 54.0 Å². The van der Waals surface area contributed by atoms with Gasteiger partial charge in [-0.25, -0.2) is 0 Å². The molecule has 0 spiro atoms. The van der Waals surface area contributed by atoms with Crippen molar-refractivity contribution < 1.29 is 43.2 Å². The second-order valence-electron chi connectivity index (χ2n) is 14.8. The van der Waals surface area contributed by atoms with Crippen LogP contribution in [0.4, 0.5) is 0 Å². The first-order chi connectivity index (χ1) is 30.3. The Hall–Kier alpha value is -6.89. The number of nitrogens with two attached hydrogens (primary N) is 5. The van der Waals surface area contributed by atoms with Crippen molar-refractivity contribution in [3.05, 3.63) is 35.9 Å². The van der Waals surface area contributed by atoms with Crippen molar-refractivity contribution in [1.82, 2.24) is 47.9 Å². The Bertz CT molecular complexity index is 1770. The number of primary amides is 2. The van der Waals surface area contributed by atoms with Crippen LogP contribution in [-0.2, 0) is 49.6 Å². The lowest BCUT2D eigenvalue weighted by Gasteiger charge is -2.27. The van der Waals surface area contributed by atoms with Gasteiger partial charge in [-0.05, 0) is 77.4 Å². The number of hydrogen-bond donors (Lipinski definition) is 16. The highest BCUT2D eigenvalue weighted by molar-refractivity contribution is 5.99. The number of rotatable bonds is 32. The molecule has 1 rings (SSSR count). The van der Waals surface area contributed by atoms with Gasteiger partial charge in [0.25, 0.3) is 0 Å². The number of guanidine groups is 2. The van der Waals surface area contributed by atoms with Gasteiger partial charge in [0.05, 0.1) is 31.5 Å². The molecule has 0 aliphatic rings. The normalized spacial score (nSPS) is 13.5. The number of carbonyl (C=O) groups excluding carboxylic acids is 9. The summed E-state index contributed by atoms with van der Waals surface area (Å²) < 4.78 is 0. The Morgan fingerprint density at radius 3 is 1.44 bits per heavy atom. The number of Topliss-reactive ketones (excluding diaryl/α,β-unsaturated/α-hetero) is 1. The van der Waals surface area contributed by atoms with Crippen LogP contribution in [0.5, 0.6) is 0 Å². The summed E-state index contributed by atoms with van der Waals surface area (Å²) in [7, 11) is 1.56. The van der Waals surface area contributed by atoms with Gasteiger partial charge in [-0.1, -0.05) is 30.3 Å². The topological polar surface area (TPSA) is 440 Å². The average Bonchev–Trinajstić information content (AvgIpc) is 3.22. The quantitative estimate of drug-likeness (QED) is 0.0182. The van der Waals surface area contributed by atoms with E-state index in [-0.39, 0.29) is 50.7 Å². The largest absolute Gasteiger partial charge is 0.370 e. The lowest BCUT2D eigenvalue weighted by atomic mass is 10.0. The van der Waals surface area contributed by atoms with Gasteiger partial charge in [0.2, 0.25) is 47.3 Å². The van der Waals surface area contributed by atoms with Crippen molar-refractivity contribution >= 4 is 65.0 Å². The standard InChI is InChI=1S/C39H66N16O9/c1-22(56)27(18-23-10-4-3-5-11-23)53-36(63)28(19-30(41)57)55-37(64)29(20-31(42)58)54-35(62)26(14-9-17-49-39(45)46)52-34(61)25(12-6-7-15-40)51-32(59)21-50-33(60)24(47-2)13-8-16-48-38(43)44/h3-5,10-11,24-29,47H,6-9,12-21,40H2,1-2H3,(H2,41,57)(H2,42,58)(H,50,60)(H,51,59)(H,52,61)(H,53,63)(H,54,62)(H,55,64)(H4,43,44,48)(H4,45,46,49). The van der Waals surface area contributed by atoms with E-state index in [0.29, 0.717) is 37.8 Å². The number of unbranched alkanes of at least 4 members (excludes halogenated alkanes) is 1. The fourth-order valence-corrected chi connectivity index (χ4v) is 6.09. The number of nitrogens with one attached hydrogen (secondary N) is 11. The number of likely N-dealkylation sites (N-methyl/N-ethyl adjacent to an activating group) is 1. The summed E-state index contributed by atoms with van der Waals surface area (Å²) in [6, 6.07) is 0.879. The molecule has 21 N–H and O–H groups in total. The Morgan fingerprint density at radius 2 is 0.984 bits per heavy atom. The first kappa shape index (κ1) is 55.1. The van der Waals surface area contributed by atoms with E-state index in [0.717, 1.165) is 0 Å². The molecule has 6 atom stereocenters. The van der Waals surface area contributed by atoms with Crippen LogP contribution < -0.4 is 76.5 Å². The van der Waals surface area contributed by atoms with Crippen molar-refractivity contribution in [2.45, 2.75) is 107 Å². The van der Waals surface area contributed by atoms with Gasteiger partial charge >= 0.3 is 0 Å². The zero-order chi connectivity index (χ0) is 48.2. The summed E-state index contributed by atoms with van der Waals surface area (Å²) in [6.07, 6.45) is 0.289. The minimum atomic E-state index is -1.76. The van der Waals surface area contributed by atoms with Gasteiger partial charge in [0.15, 0.2) is 17.7 Å². The van der Waals surface area contributed by atoms with Crippen molar-refractivity contribution in [2.24, 2.45) is 28.7 Å². The second kappa shape index (κ2) is 30.2. The fraction of sp³-hybridized carbons (Fsp3) is 0.564. The third-order valence-corrected chi connectivity index (χ3v) is 9.46. The third kappa shape index (κ3) is 23.4. The highest BCUT2D eigenvalue weighted by Crippen LogP contribution is 2.08. The van der Waals surface area contributed by atoms with E-state index in [4.69, 9.17) is 39.5 Å². The van der Waals surface area contributed by atoms with E-state index in [9.17, 15) is 43.2 Å². The van der Waals surface area contributed by atoms with Crippen LogP contribution in [-0.4, -0.2) is 134 Å². The zero-order valence-corrected chi connectivity index (χ0v) is 36.3. The maximum absolute atomic E-state index is 13.9. The Balaban J connectivity index is 3.27. The van der Waals surface area contributed by atoms with Gasteiger partial charge in [-0.2, -0.15) is 0 Å². The minimum absolute atomic E-state index is 0.0666. The van der Waals surface area contributed by atoms with E-state index < -0.39 is 109 Å². The number of ketones is 1. The molecule has 0 saturated carbocycles. The molecular weight excluding hydrogens is 837 g/mol. The van der Waals surface area contributed by atoms with Crippen molar-refractivity contribution in [3.8, 4) is 0 Å². The third-order valence-electron chi connectivity index (χ3n) is 9.46. The lowest BCUT2D eigenvalue weighted by molar-refractivity contribution is -0.136. The molecule has 1 aromatic carbocycles. The highest BCUT2D eigenvalue weighted by Gasteiger charge is 2.33. The number of amides is 8. The van der Waals surface area contributed by atoms with Crippen LogP contribution >= 0.6 is 0 Å². The molecule has 0 aromatic heterocycles.